The van der Waals surface area contributed by atoms with Crippen LogP contribution in [-0.2, 0) is 0 Å². The van der Waals surface area contributed by atoms with Crippen LogP contribution in [0.2, 0.25) is 0 Å². The molecule has 0 aliphatic rings. The Morgan fingerprint density at radius 3 is 2.61 bits per heavy atom. The average Bonchev–Trinajstić information content (AvgIpc) is 2.25. The van der Waals surface area contributed by atoms with Crippen LogP contribution in [0.1, 0.15) is 37.3 Å². The minimum absolute atomic E-state index is 0.0972. The van der Waals surface area contributed by atoms with Gasteiger partial charge in [-0.25, -0.2) is 0 Å². The number of alkyl halides is 3. The van der Waals surface area contributed by atoms with Crippen molar-refractivity contribution < 1.29 is 13.2 Å². The fourth-order valence-corrected chi connectivity index (χ4v) is 2.14. The Bertz CT molecular complexity index is 452. The molecule has 0 amide bonds. The Morgan fingerprint density at radius 2 is 2.00 bits per heavy atom. The van der Waals surface area contributed by atoms with Crippen molar-refractivity contribution in [1.29, 1.82) is 0 Å². The lowest BCUT2D eigenvalue weighted by atomic mass is 10.1. The van der Waals surface area contributed by atoms with Crippen LogP contribution >= 0.6 is 11.8 Å². The SMILES string of the molecule is CCCCC#Cc1c(C)cccc1SC(F)(F)F. The molecule has 0 aromatic heterocycles. The van der Waals surface area contributed by atoms with E-state index in [2.05, 4.69) is 18.8 Å². The minimum atomic E-state index is -4.27. The number of rotatable bonds is 3. The number of unbranched alkanes of at least 4 members (excludes halogenated alkanes) is 2. The van der Waals surface area contributed by atoms with Gasteiger partial charge < -0.3 is 0 Å². The normalized spacial score (nSPS) is 10.9. The number of halogens is 3. The molecule has 1 rings (SSSR count). The van der Waals surface area contributed by atoms with Crippen molar-refractivity contribution in [1.82, 2.24) is 0 Å². The van der Waals surface area contributed by atoms with E-state index in [1.807, 2.05) is 0 Å². The van der Waals surface area contributed by atoms with E-state index in [9.17, 15) is 13.2 Å². The molecule has 0 radical (unpaired) electrons. The molecule has 0 unspecified atom stereocenters. The minimum Gasteiger partial charge on any atom is -0.160 e. The molecule has 0 aliphatic heterocycles. The van der Waals surface area contributed by atoms with Crippen LogP contribution in [-0.4, -0.2) is 5.51 Å². The summed E-state index contributed by atoms with van der Waals surface area (Å²) in [5, 5.41) is 0. The predicted octanol–water partition coefficient (Wildman–Crippen LogP) is 5.15. The van der Waals surface area contributed by atoms with Gasteiger partial charge in [-0.3, -0.25) is 0 Å². The van der Waals surface area contributed by atoms with Crippen LogP contribution in [0, 0.1) is 18.8 Å². The van der Waals surface area contributed by atoms with Gasteiger partial charge >= 0.3 is 5.51 Å². The first kappa shape index (κ1) is 15.0. The van der Waals surface area contributed by atoms with Gasteiger partial charge in [0.15, 0.2) is 0 Å². The van der Waals surface area contributed by atoms with Gasteiger partial charge in [-0.2, -0.15) is 13.2 Å². The average molecular weight is 272 g/mol. The van der Waals surface area contributed by atoms with Crippen molar-refractivity contribution >= 4 is 11.8 Å². The van der Waals surface area contributed by atoms with E-state index in [4.69, 9.17) is 0 Å². The van der Waals surface area contributed by atoms with Crippen LogP contribution in [0.4, 0.5) is 13.2 Å². The molecule has 0 atom stereocenters. The highest BCUT2D eigenvalue weighted by molar-refractivity contribution is 8.00. The third-order valence-electron chi connectivity index (χ3n) is 2.33. The van der Waals surface area contributed by atoms with Crippen molar-refractivity contribution in [3.8, 4) is 11.8 Å². The zero-order valence-corrected chi connectivity index (χ0v) is 11.2. The van der Waals surface area contributed by atoms with E-state index < -0.39 is 5.51 Å². The fourth-order valence-electron chi connectivity index (χ4n) is 1.43. The van der Waals surface area contributed by atoms with Crippen LogP contribution < -0.4 is 0 Å². The summed E-state index contributed by atoms with van der Waals surface area (Å²) in [5.41, 5.74) is -2.99. The molecule has 0 heterocycles. The molecule has 0 aliphatic carbocycles. The highest BCUT2D eigenvalue weighted by Gasteiger charge is 2.30. The lowest BCUT2D eigenvalue weighted by Gasteiger charge is -2.09. The molecule has 0 nitrogen and oxygen atoms in total. The molecule has 0 spiro atoms. The monoisotopic (exact) mass is 272 g/mol. The number of aryl methyl sites for hydroxylation is 1. The van der Waals surface area contributed by atoms with Crippen molar-refractivity contribution in [3.63, 3.8) is 0 Å². The zero-order valence-electron chi connectivity index (χ0n) is 10.4. The van der Waals surface area contributed by atoms with Gasteiger partial charge in [-0.05, 0) is 36.7 Å². The van der Waals surface area contributed by atoms with Crippen molar-refractivity contribution in [3.05, 3.63) is 29.3 Å². The summed E-state index contributed by atoms with van der Waals surface area (Å²) in [6.07, 6.45) is 2.73. The van der Waals surface area contributed by atoms with Crippen molar-refractivity contribution in [2.45, 2.75) is 43.5 Å². The summed E-state index contributed by atoms with van der Waals surface area (Å²) in [6, 6.07) is 4.87. The fraction of sp³-hybridized carbons (Fsp3) is 0.429. The first-order chi connectivity index (χ1) is 8.44. The third-order valence-corrected chi connectivity index (χ3v) is 3.12. The van der Waals surface area contributed by atoms with Crippen molar-refractivity contribution in [2.75, 3.05) is 0 Å². The maximum absolute atomic E-state index is 12.4. The number of hydrogen-bond donors (Lipinski definition) is 0. The van der Waals surface area contributed by atoms with Crippen LogP contribution in [0.3, 0.4) is 0 Å². The summed E-state index contributed by atoms with van der Waals surface area (Å²) in [4.78, 5) is 0.187. The Balaban J connectivity index is 2.96. The van der Waals surface area contributed by atoms with E-state index in [1.165, 1.54) is 6.07 Å². The third kappa shape index (κ3) is 5.05. The first-order valence-electron chi connectivity index (χ1n) is 5.78. The number of benzene rings is 1. The summed E-state index contributed by atoms with van der Waals surface area (Å²) in [5.74, 6) is 5.81. The maximum Gasteiger partial charge on any atom is 0.446 e. The molecule has 18 heavy (non-hydrogen) atoms. The molecular weight excluding hydrogens is 257 g/mol. The quantitative estimate of drug-likeness (QED) is 0.416. The molecule has 0 saturated heterocycles. The molecule has 0 fully saturated rings. The molecule has 1 aromatic rings. The van der Waals surface area contributed by atoms with Crippen LogP contribution in [0.5, 0.6) is 0 Å². The second-order valence-corrected chi connectivity index (χ2v) is 5.01. The molecule has 4 heteroatoms. The lowest BCUT2D eigenvalue weighted by molar-refractivity contribution is -0.0328. The second kappa shape index (κ2) is 6.75. The van der Waals surface area contributed by atoms with Gasteiger partial charge in [-0.1, -0.05) is 37.3 Å². The molecular formula is C14H15F3S. The van der Waals surface area contributed by atoms with Gasteiger partial charge in [0.25, 0.3) is 0 Å². The number of hydrogen-bond acceptors (Lipinski definition) is 1. The van der Waals surface area contributed by atoms with Gasteiger partial charge in [0.2, 0.25) is 0 Å². The summed E-state index contributed by atoms with van der Waals surface area (Å²) < 4.78 is 37.2. The van der Waals surface area contributed by atoms with Crippen molar-refractivity contribution in [2.24, 2.45) is 0 Å². The highest BCUT2D eigenvalue weighted by atomic mass is 32.2. The van der Waals surface area contributed by atoms with Gasteiger partial charge in [-0.15, -0.1) is 0 Å². The Labute approximate surface area is 110 Å². The van der Waals surface area contributed by atoms with Gasteiger partial charge in [0.1, 0.15) is 0 Å². The Kier molecular flexibility index (Phi) is 5.61. The van der Waals surface area contributed by atoms with Gasteiger partial charge in [0.05, 0.1) is 0 Å². The van der Waals surface area contributed by atoms with E-state index in [1.54, 1.807) is 19.1 Å². The molecule has 0 saturated carbocycles. The largest absolute Gasteiger partial charge is 0.446 e. The summed E-state index contributed by atoms with van der Waals surface area (Å²) in [6.45, 7) is 3.84. The van der Waals surface area contributed by atoms with Crippen LogP contribution in [0.25, 0.3) is 0 Å². The topological polar surface area (TPSA) is 0 Å². The Hall–Kier alpha value is -1.08. The molecule has 0 N–H and O–H groups in total. The number of thioether (sulfide) groups is 1. The van der Waals surface area contributed by atoms with E-state index in [0.717, 1.165) is 24.8 Å². The lowest BCUT2D eigenvalue weighted by Crippen LogP contribution is -2.00. The smallest absolute Gasteiger partial charge is 0.160 e. The highest BCUT2D eigenvalue weighted by Crippen LogP contribution is 2.38. The predicted molar refractivity (Wildman–Crippen MR) is 69.5 cm³/mol. The maximum atomic E-state index is 12.4. The molecule has 1 aromatic carbocycles. The zero-order chi connectivity index (χ0) is 13.6. The molecule has 0 bridgehead atoms. The molecule has 98 valence electrons. The van der Waals surface area contributed by atoms with E-state index >= 15 is 0 Å². The van der Waals surface area contributed by atoms with Crippen LogP contribution in [0.15, 0.2) is 23.1 Å². The Morgan fingerprint density at radius 1 is 1.28 bits per heavy atom. The first-order valence-corrected chi connectivity index (χ1v) is 6.60. The van der Waals surface area contributed by atoms with E-state index in [-0.39, 0.29) is 16.7 Å². The van der Waals surface area contributed by atoms with Gasteiger partial charge in [0, 0.05) is 16.9 Å². The standard InChI is InChI=1S/C14H15F3S/c1-3-4-5-6-9-12-11(2)8-7-10-13(12)18-14(15,16)17/h7-8,10H,3-5H2,1-2H3. The second-order valence-electron chi connectivity index (χ2n) is 3.90. The van der Waals surface area contributed by atoms with E-state index in [0.29, 0.717) is 5.56 Å². The summed E-state index contributed by atoms with van der Waals surface area (Å²) in [7, 11) is 0. The summed E-state index contributed by atoms with van der Waals surface area (Å²) >= 11 is -0.0972.